The van der Waals surface area contributed by atoms with Gasteiger partial charge in [0.15, 0.2) is 0 Å². The molecule has 1 atom stereocenters. The van der Waals surface area contributed by atoms with Crippen LogP contribution in [0.5, 0.6) is 5.75 Å². The number of benzene rings is 1. The third-order valence-electron chi connectivity index (χ3n) is 5.28. The van der Waals surface area contributed by atoms with Crippen LogP contribution in [0, 0.1) is 11.2 Å². The molecule has 3 aromatic rings. The van der Waals surface area contributed by atoms with E-state index >= 15 is 0 Å². The van der Waals surface area contributed by atoms with Crippen LogP contribution in [-0.2, 0) is 0 Å². The molecule has 1 aromatic carbocycles. The van der Waals surface area contributed by atoms with E-state index in [0.29, 0.717) is 22.6 Å². The SMILES string of the molecule is CC(Oc1ccc(N)c(C(=N)c2ccc(N3CCSCC3)nc2)c1)c1c(F)cncc1Cl.CN. The fourth-order valence-electron chi connectivity index (χ4n) is 3.57. The zero-order chi connectivity index (χ0) is 24.7. The van der Waals surface area contributed by atoms with Gasteiger partial charge in [0.2, 0.25) is 0 Å². The first-order chi connectivity index (χ1) is 16.4. The molecule has 3 heterocycles. The maximum atomic E-state index is 14.2. The lowest BCUT2D eigenvalue weighted by molar-refractivity contribution is 0.221. The lowest BCUT2D eigenvalue weighted by Gasteiger charge is -2.27. The van der Waals surface area contributed by atoms with Crippen molar-refractivity contribution in [3.05, 3.63) is 76.5 Å². The zero-order valence-corrected chi connectivity index (χ0v) is 20.7. The van der Waals surface area contributed by atoms with Gasteiger partial charge in [-0.2, -0.15) is 11.8 Å². The average molecular weight is 503 g/mol. The lowest BCUT2D eigenvalue weighted by atomic mass is 10.0. The van der Waals surface area contributed by atoms with Crippen LogP contribution in [0.25, 0.3) is 0 Å². The van der Waals surface area contributed by atoms with Crippen LogP contribution in [0.4, 0.5) is 15.9 Å². The number of aromatic nitrogens is 2. The summed E-state index contributed by atoms with van der Waals surface area (Å²) in [6, 6.07) is 8.85. The van der Waals surface area contributed by atoms with E-state index in [9.17, 15) is 4.39 Å². The van der Waals surface area contributed by atoms with E-state index in [1.54, 1.807) is 31.3 Å². The van der Waals surface area contributed by atoms with Crippen molar-refractivity contribution in [1.29, 1.82) is 5.41 Å². The third-order valence-corrected chi connectivity index (χ3v) is 6.52. The summed E-state index contributed by atoms with van der Waals surface area (Å²) >= 11 is 8.04. The van der Waals surface area contributed by atoms with Gasteiger partial charge in [-0.05, 0) is 44.3 Å². The minimum atomic E-state index is -0.653. The summed E-state index contributed by atoms with van der Waals surface area (Å²) < 4.78 is 20.1. The summed E-state index contributed by atoms with van der Waals surface area (Å²) in [4.78, 5) is 10.5. The van der Waals surface area contributed by atoms with Crippen LogP contribution in [0.1, 0.15) is 29.7 Å². The van der Waals surface area contributed by atoms with Gasteiger partial charge >= 0.3 is 0 Å². The van der Waals surface area contributed by atoms with E-state index in [4.69, 9.17) is 27.5 Å². The molecule has 1 fully saturated rings. The number of nitrogen functional groups attached to an aromatic ring is 1. The van der Waals surface area contributed by atoms with Crippen molar-refractivity contribution in [2.24, 2.45) is 5.73 Å². The predicted octanol–water partition coefficient (Wildman–Crippen LogP) is 4.54. The largest absolute Gasteiger partial charge is 0.486 e. The van der Waals surface area contributed by atoms with Crippen LogP contribution in [0.3, 0.4) is 0 Å². The highest BCUT2D eigenvalue weighted by Gasteiger charge is 2.19. The van der Waals surface area contributed by atoms with Crippen molar-refractivity contribution < 1.29 is 9.13 Å². The fraction of sp³-hybridized carbons (Fsp3) is 0.292. The maximum absolute atomic E-state index is 14.2. The second-order valence-corrected chi connectivity index (χ2v) is 9.04. The van der Waals surface area contributed by atoms with Gasteiger partial charge in [-0.1, -0.05) is 11.6 Å². The van der Waals surface area contributed by atoms with Crippen molar-refractivity contribution in [2.45, 2.75) is 13.0 Å². The smallest absolute Gasteiger partial charge is 0.149 e. The molecule has 10 heteroatoms. The summed E-state index contributed by atoms with van der Waals surface area (Å²) in [6.07, 6.45) is 3.52. The molecule has 34 heavy (non-hydrogen) atoms. The van der Waals surface area contributed by atoms with E-state index in [0.717, 1.165) is 36.6 Å². The number of anilines is 2. The summed E-state index contributed by atoms with van der Waals surface area (Å²) in [5, 5.41) is 8.85. The van der Waals surface area contributed by atoms with Gasteiger partial charge < -0.3 is 21.1 Å². The van der Waals surface area contributed by atoms with E-state index in [-0.39, 0.29) is 16.3 Å². The maximum Gasteiger partial charge on any atom is 0.149 e. The Morgan fingerprint density at radius 2 is 1.91 bits per heavy atom. The highest BCUT2D eigenvalue weighted by atomic mass is 35.5. The van der Waals surface area contributed by atoms with Gasteiger partial charge in [0, 0.05) is 59.4 Å². The molecule has 1 aliphatic heterocycles. The number of hydrogen-bond donors (Lipinski definition) is 3. The number of rotatable bonds is 6. The van der Waals surface area contributed by atoms with Crippen molar-refractivity contribution in [3.8, 4) is 5.75 Å². The zero-order valence-electron chi connectivity index (χ0n) is 19.1. The number of ether oxygens (including phenoxy) is 1. The van der Waals surface area contributed by atoms with Crippen LogP contribution in [-0.4, -0.2) is 47.3 Å². The molecular weight excluding hydrogens is 475 g/mol. The monoisotopic (exact) mass is 502 g/mol. The first-order valence-electron chi connectivity index (χ1n) is 10.7. The van der Waals surface area contributed by atoms with Gasteiger partial charge in [-0.3, -0.25) is 10.4 Å². The van der Waals surface area contributed by atoms with Gasteiger partial charge in [0.25, 0.3) is 0 Å². The van der Waals surface area contributed by atoms with Crippen molar-refractivity contribution >= 4 is 40.6 Å². The number of nitrogens with zero attached hydrogens (tertiary/aromatic N) is 3. The van der Waals surface area contributed by atoms with Gasteiger partial charge in [-0.15, -0.1) is 0 Å². The van der Waals surface area contributed by atoms with Crippen LogP contribution >= 0.6 is 23.4 Å². The topological polar surface area (TPSA) is 114 Å². The molecule has 7 nitrogen and oxygen atoms in total. The Bertz CT molecular complexity index is 1100. The molecule has 0 amide bonds. The molecule has 4 rings (SSSR count). The summed E-state index contributed by atoms with van der Waals surface area (Å²) in [6.45, 7) is 3.65. The molecule has 1 unspecified atom stereocenters. The Morgan fingerprint density at radius 3 is 2.56 bits per heavy atom. The number of nitrogens with one attached hydrogen (secondary N) is 1. The number of halogens is 2. The quantitative estimate of drug-likeness (QED) is 0.335. The molecular formula is C24H28ClFN6OS. The summed E-state index contributed by atoms with van der Waals surface area (Å²) in [5.74, 6) is 3.02. The molecule has 0 spiro atoms. The van der Waals surface area contributed by atoms with E-state index in [2.05, 4.69) is 20.6 Å². The Hall–Kier alpha value is -2.88. The molecule has 0 radical (unpaired) electrons. The molecule has 2 aromatic heterocycles. The van der Waals surface area contributed by atoms with E-state index < -0.39 is 11.9 Å². The van der Waals surface area contributed by atoms with Gasteiger partial charge in [-0.25, -0.2) is 9.37 Å². The molecule has 1 saturated heterocycles. The normalized spacial score (nSPS) is 14.1. The lowest BCUT2D eigenvalue weighted by Crippen LogP contribution is -2.33. The minimum absolute atomic E-state index is 0.194. The first kappa shape index (κ1) is 25.7. The Labute approximate surface area is 208 Å². The molecule has 0 bridgehead atoms. The first-order valence-corrected chi connectivity index (χ1v) is 12.3. The number of nitrogens with two attached hydrogens (primary N) is 2. The van der Waals surface area contributed by atoms with Gasteiger partial charge in [0.05, 0.1) is 16.9 Å². The standard InChI is InChI=1S/C23H23ClFN5OS.CH5N/c1-14(22-18(24)12-28-13-19(22)25)31-16-3-4-20(26)17(10-16)23(27)15-2-5-21(29-11-15)30-6-8-32-9-7-30;1-2/h2-5,10-14,27H,6-9,26H2,1H3;2H2,1H3. The third kappa shape index (κ3) is 5.97. The van der Waals surface area contributed by atoms with Crippen LogP contribution < -0.4 is 21.1 Å². The average Bonchev–Trinajstić information content (AvgIpc) is 2.86. The Morgan fingerprint density at radius 1 is 1.18 bits per heavy atom. The molecule has 0 aliphatic carbocycles. The highest BCUT2D eigenvalue weighted by Crippen LogP contribution is 2.31. The molecule has 5 N–H and O–H groups in total. The number of pyridine rings is 2. The van der Waals surface area contributed by atoms with Crippen molar-refractivity contribution in [3.63, 3.8) is 0 Å². The van der Waals surface area contributed by atoms with Crippen LogP contribution in [0.2, 0.25) is 5.02 Å². The second-order valence-electron chi connectivity index (χ2n) is 7.41. The van der Waals surface area contributed by atoms with E-state index in [1.807, 2.05) is 23.9 Å². The summed E-state index contributed by atoms with van der Waals surface area (Å²) in [7, 11) is 1.50. The highest BCUT2D eigenvalue weighted by molar-refractivity contribution is 7.99. The van der Waals surface area contributed by atoms with Crippen LogP contribution in [0.15, 0.2) is 48.9 Å². The molecule has 180 valence electrons. The fourth-order valence-corrected chi connectivity index (χ4v) is 4.77. The number of thioether (sulfide) groups is 1. The van der Waals surface area contributed by atoms with Gasteiger partial charge in [0.1, 0.15) is 23.5 Å². The predicted molar refractivity (Wildman–Crippen MR) is 139 cm³/mol. The van der Waals surface area contributed by atoms with Crippen molar-refractivity contribution in [1.82, 2.24) is 9.97 Å². The summed E-state index contributed by atoms with van der Waals surface area (Å²) in [5.41, 5.74) is 12.7. The number of hydrogen-bond acceptors (Lipinski definition) is 8. The van der Waals surface area contributed by atoms with E-state index in [1.165, 1.54) is 13.2 Å². The van der Waals surface area contributed by atoms with Crippen molar-refractivity contribution in [2.75, 3.05) is 42.3 Å². The minimum Gasteiger partial charge on any atom is -0.486 e. The molecule has 1 aliphatic rings. The second kappa shape index (κ2) is 12.0. The Balaban J connectivity index is 0.00000158. The molecule has 0 saturated carbocycles. The Kier molecular flexibility index (Phi) is 9.09.